The van der Waals surface area contributed by atoms with Crippen molar-refractivity contribution < 1.29 is 9.31 Å². The molecule has 4 rings (SSSR count). The Balaban J connectivity index is 1.94. The van der Waals surface area contributed by atoms with Crippen molar-refractivity contribution in [3.8, 4) is 5.69 Å². The van der Waals surface area contributed by atoms with Crippen LogP contribution in [0.3, 0.4) is 0 Å². The third-order valence-corrected chi connectivity index (χ3v) is 4.94. The fourth-order valence-electron chi connectivity index (χ4n) is 3.58. The zero-order chi connectivity index (χ0) is 18.3. The fourth-order valence-corrected chi connectivity index (χ4v) is 3.58. The first-order valence-corrected chi connectivity index (χ1v) is 8.45. The summed E-state index contributed by atoms with van der Waals surface area (Å²) in [7, 11) is 2.05. The maximum absolute atomic E-state index is 13.3. The first-order chi connectivity index (χ1) is 12.5. The minimum atomic E-state index is -0.372. The average molecular weight is 351 g/mol. The predicted molar refractivity (Wildman–Crippen MR) is 99.0 cm³/mol. The van der Waals surface area contributed by atoms with Crippen LogP contribution >= 0.6 is 0 Å². The summed E-state index contributed by atoms with van der Waals surface area (Å²) in [4.78, 5) is 13.1. The van der Waals surface area contributed by atoms with Crippen molar-refractivity contribution in [3.05, 3.63) is 82.3 Å². The number of aromatic nitrogens is 1. The Morgan fingerprint density at radius 3 is 2.62 bits per heavy atom. The summed E-state index contributed by atoms with van der Waals surface area (Å²) in [6.07, 6.45) is 7.13. The van der Waals surface area contributed by atoms with Gasteiger partial charge in [-0.3, -0.25) is 15.0 Å². The number of nitrogens with zero attached hydrogens (tertiary/aromatic N) is 3. The topological polar surface area (TPSA) is 51.3 Å². The lowest BCUT2D eigenvalue weighted by Crippen LogP contribution is -2.26. The highest BCUT2D eigenvalue weighted by atomic mass is 19.1. The van der Waals surface area contributed by atoms with Crippen molar-refractivity contribution in [3.63, 3.8) is 0 Å². The van der Waals surface area contributed by atoms with Gasteiger partial charge in [0.05, 0.1) is 10.4 Å². The van der Waals surface area contributed by atoms with E-state index in [1.807, 2.05) is 17.8 Å². The molecule has 26 heavy (non-hydrogen) atoms. The van der Waals surface area contributed by atoms with E-state index in [1.165, 1.54) is 18.2 Å². The maximum atomic E-state index is 13.3. The van der Waals surface area contributed by atoms with Crippen LogP contribution in [0.25, 0.3) is 16.6 Å². The number of rotatable bonds is 3. The van der Waals surface area contributed by atoms with Crippen molar-refractivity contribution in [2.24, 2.45) is 0 Å². The average Bonchev–Trinajstić information content (AvgIpc) is 3.01. The van der Waals surface area contributed by atoms with Crippen molar-refractivity contribution >= 4 is 16.6 Å². The number of fused-ring (bicyclic) bond motifs is 1. The van der Waals surface area contributed by atoms with E-state index in [0.717, 1.165) is 35.1 Å². The highest BCUT2D eigenvalue weighted by Crippen LogP contribution is 2.36. The monoisotopic (exact) mass is 351 g/mol. The van der Waals surface area contributed by atoms with Gasteiger partial charge in [0.25, 0.3) is 5.69 Å². The lowest BCUT2D eigenvalue weighted by Gasteiger charge is -2.29. The second-order valence-electron chi connectivity index (χ2n) is 6.55. The van der Waals surface area contributed by atoms with Gasteiger partial charge in [-0.15, -0.1) is 0 Å². The van der Waals surface area contributed by atoms with E-state index in [1.54, 1.807) is 24.3 Å². The first-order valence-electron chi connectivity index (χ1n) is 8.45. The summed E-state index contributed by atoms with van der Waals surface area (Å²) in [6.45, 7) is 0.836. The van der Waals surface area contributed by atoms with Crippen molar-refractivity contribution in [2.75, 3.05) is 13.6 Å². The molecule has 2 aromatic carbocycles. The molecule has 0 saturated heterocycles. The minimum Gasteiger partial charge on any atom is -0.316 e. The number of hydrogen-bond acceptors (Lipinski definition) is 3. The van der Waals surface area contributed by atoms with Crippen LogP contribution in [-0.4, -0.2) is 28.0 Å². The van der Waals surface area contributed by atoms with Crippen molar-refractivity contribution in [2.45, 2.75) is 12.5 Å². The Bertz CT molecular complexity index is 1010. The molecule has 0 N–H and O–H groups in total. The van der Waals surface area contributed by atoms with Gasteiger partial charge in [0.15, 0.2) is 0 Å². The Kier molecular flexibility index (Phi) is 4.05. The zero-order valence-corrected chi connectivity index (χ0v) is 14.3. The van der Waals surface area contributed by atoms with Crippen LogP contribution in [0.15, 0.2) is 60.8 Å². The maximum Gasteiger partial charge on any atom is 0.270 e. The van der Waals surface area contributed by atoms with E-state index in [4.69, 9.17) is 0 Å². The summed E-state index contributed by atoms with van der Waals surface area (Å²) < 4.78 is 15.3. The van der Waals surface area contributed by atoms with Crippen LogP contribution in [-0.2, 0) is 0 Å². The smallest absolute Gasteiger partial charge is 0.270 e. The van der Waals surface area contributed by atoms with Crippen LogP contribution < -0.4 is 0 Å². The molecule has 1 atom stereocenters. The molecule has 5 nitrogen and oxygen atoms in total. The van der Waals surface area contributed by atoms with Gasteiger partial charge in [0.2, 0.25) is 0 Å². The highest BCUT2D eigenvalue weighted by molar-refractivity contribution is 5.88. The quantitative estimate of drug-likeness (QED) is 0.393. The highest BCUT2D eigenvalue weighted by Gasteiger charge is 2.24. The molecular weight excluding hydrogens is 333 g/mol. The van der Waals surface area contributed by atoms with Gasteiger partial charge in [-0.1, -0.05) is 12.2 Å². The van der Waals surface area contributed by atoms with Gasteiger partial charge < -0.3 is 4.57 Å². The Hall–Kier alpha value is -2.99. The van der Waals surface area contributed by atoms with E-state index in [0.29, 0.717) is 0 Å². The Morgan fingerprint density at radius 2 is 1.92 bits per heavy atom. The van der Waals surface area contributed by atoms with E-state index in [2.05, 4.69) is 17.1 Å². The number of non-ortho nitro benzene ring substituents is 1. The molecule has 0 spiro atoms. The molecule has 3 aromatic rings. The number of likely N-dealkylation sites (N-methyl/N-ethyl adjacent to an activating group) is 1. The molecule has 132 valence electrons. The van der Waals surface area contributed by atoms with E-state index < -0.39 is 0 Å². The third-order valence-electron chi connectivity index (χ3n) is 4.94. The molecule has 1 aromatic heterocycles. The number of hydrogen-bond donors (Lipinski definition) is 0. The zero-order valence-electron chi connectivity index (χ0n) is 14.3. The number of benzene rings is 2. The molecule has 0 bridgehead atoms. The summed E-state index contributed by atoms with van der Waals surface area (Å²) >= 11 is 0. The largest absolute Gasteiger partial charge is 0.316 e. The van der Waals surface area contributed by atoms with Gasteiger partial charge in [0.1, 0.15) is 5.82 Å². The second kappa shape index (κ2) is 6.38. The molecule has 0 aliphatic carbocycles. The van der Waals surface area contributed by atoms with Gasteiger partial charge in [-0.2, -0.15) is 0 Å². The molecule has 0 radical (unpaired) electrons. The lowest BCUT2D eigenvalue weighted by molar-refractivity contribution is -0.384. The van der Waals surface area contributed by atoms with Gasteiger partial charge in [-0.25, -0.2) is 4.39 Å². The van der Waals surface area contributed by atoms with E-state index >= 15 is 0 Å². The van der Waals surface area contributed by atoms with Gasteiger partial charge >= 0.3 is 0 Å². The molecule has 1 unspecified atom stereocenters. The van der Waals surface area contributed by atoms with Crippen LogP contribution in [0.2, 0.25) is 0 Å². The molecule has 0 saturated carbocycles. The summed E-state index contributed by atoms with van der Waals surface area (Å²) in [5.74, 6) is -0.293. The lowest BCUT2D eigenvalue weighted by atomic mass is 9.99. The molecule has 0 fully saturated rings. The first kappa shape index (κ1) is 16.5. The minimum absolute atomic E-state index is 0.0737. The summed E-state index contributed by atoms with van der Waals surface area (Å²) in [5.41, 5.74) is 2.81. The third kappa shape index (κ3) is 2.78. The van der Waals surface area contributed by atoms with Gasteiger partial charge in [0, 0.05) is 42.0 Å². The molecule has 1 aliphatic rings. The number of nitro benzene ring substituents is 1. The number of halogens is 1. The normalized spacial score (nSPS) is 17.7. The SMILES string of the molecule is CN1CC=CCC1c1cn(-c2ccc(F)cc2)c2ccc([N+](=O)[O-])cc12. The van der Waals surface area contributed by atoms with Crippen LogP contribution in [0.5, 0.6) is 0 Å². The summed E-state index contributed by atoms with van der Waals surface area (Å²) in [6, 6.07) is 11.3. The standard InChI is InChI=1S/C20H18FN3O2/c1-22-11-3-2-4-19(22)18-13-23(15-7-5-14(21)6-8-15)20-10-9-16(24(25)26)12-17(18)20/h2-3,5-10,12-13,19H,4,11H2,1H3. The molecule has 6 heteroatoms. The van der Waals surface area contributed by atoms with Crippen LogP contribution in [0, 0.1) is 15.9 Å². The van der Waals surface area contributed by atoms with E-state index in [-0.39, 0.29) is 22.5 Å². The molecule has 2 heterocycles. The van der Waals surface area contributed by atoms with Crippen molar-refractivity contribution in [1.82, 2.24) is 9.47 Å². The second-order valence-corrected chi connectivity index (χ2v) is 6.55. The molecular formula is C20H18FN3O2. The summed E-state index contributed by atoms with van der Waals surface area (Å²) in [5, 5.41) is 12.1. The molecule has 0 amide bonds. The predicted octanol–water partition coefficient (Wildman–Crippen LogP) is 4.61. The molecule has 1 aliphatic heterocycles. The van der Waals surface area contributed by atoms with Gasteiger partial charge in [-0.05, 0) is 49.4 Å². The number of nitro groups is 1. The Labute approximate surface area is 150 Å². The van der Waals surface area contributed by atoms with Crippen molar-refractivity contribution in [1.29, 1.82) is 0 Å². The Morgan fingerprint density at radius 1 is 1.15 bits per heavy atom. The van der Waals surface area contributed by atoms with E-state index in [9.17, 15) is 14.5 Å². The van der Waals surface area contributed by atoms with Crippen LogP contribution in [0.1, 0.15) is 18.0 Å². The fraction of sp³-hybridized carbons (Fsp3) is 0.200. The van der Waals surface area contributed by atoms with Crippen LogP contribution in [0.4, 0.5) is 10.1 Å².